The SMILES string of the molecule is COC1=C(OC)/C(=C/C(n2cnc3c(N)ncnc32)P(=O)(OC)SC(C)=O)OC1=O. The second-order valence-corrected chi connectivity index (χ2v) is 10.6. The van der Waals surface area contributed by atoms with Gasteiger partial charge in [0.25, 0.3) is 12.3 Å². The Labute approximate surface area is 174 Å². The van der Waals surface area contributed by atoms with E-state index in [9.17, 15) is 14.2 Å². The smallest absolute Gasteiger partial charge is 0.383 e. The van der Waals surface area contributed by atoms with Crippen molar-refractivity contribution in [2.75, 3.05) is 27.1 Å². The second-order valence-electron chi connectivity index (χ2n) is 5.79. The Morgan fingerprint density at radius 2 is 1.97 bits per heavy atom. The van der Waals surface area contributed by atoms with E-state index >= 15 is 0 Å². The van der Waals surface area contributed by atoms with Crippen molar-refractivity contribution < 1.29 is 32.9 Å². The van der Waals surface area contributed by atoms with Crippen molar-refractivity contribution in [1.82, 2.24) is 19.5 Å². The maximum atomic E-state index is 13.7. The number of nitrogens with zero attached hydrogens (tertiary/aromatic N) is 4. The Kier molecular flexibility index (Phi) is 6.15. The summed E-state index contributed by atoms with van der Waals surface area (Å²) in [6.07, 6.45) is 3.87. The van der Waals surface area contributed by atoms with Gasteiger partial charge in [-0.05, 0) is 6.08 Å². The number of cyclic esters (lactones) is 1. The molecule has 160 valence electrons. The number of nitrogen functional groups attached to an aromatic ring is 1. The molecule has 0 radical (unpaired) electrons. The van der Waals surface area contributed by atoms with E-state index < -0.39 is 23.4 Å². The Balaban J connectivity index is 2.25. The van der Waals surface area contributed by atoms with Gasteiger partial charge in [0.2, 0.25) is 5.76 Å². The van der Waals surface area contributed by atoms with Crippen LogP contribution in [0.15, 0.2) is 36.0 Å². The maximum Gasteiger partial charge on any atom is 0.383 e. The number of carbonyl (C=O) groups excluding carboxylic acids is 2. The fourth-order valence-electron chi connectivity index (χ4n) is 2.78. The molecule has 1 aliphatic rings. The number of allylic oxidation sites excluding steroid dienone is 1. The van der Waals surface area contributed by atoms with E-state index in [0.29, 0.717) is 11.4 Å². The van der Waals surface area contributed by atoms with Gasteiger partial charge in [0.1, 0.15) is 17.6 Å². The third-order valence-electron chi connectivity index (χ3n) is 4.03. The molecule has 0 aliphatic carbocycles. The highest BCUT2D eigenvalue weighted by Gasteiger charge is 2.41. The first kappa shape index (κ1) is 21.8. The number of anilines is 1. The molecule has 3 rings (SSSR count). The summed E-state index contributed by atoms with van der Waals surface area (Å²) in [5.41, 5.74) is 6.34. The van der Waals surface area contributed by atoms with Gasteiger partial charge < -0.3 is 24.5 Å². The van der Waals surface area contributed by atoms with Gasteiger partial charge in [0, 0.05) is 25.4 Å². The zero-order chi connectivity index (χ0) is 22.1. The van der Waals surface area contributed by atoms with Gasteiger partial charge in [-0.1, -0.05) is 0 Å². The molecule has 2 atom stereocenters. The monoisotopic (exact) mass is 455 g/mol. The summed E-state index contributed by atoms with van der Waals surface area (Å²) in [5.74, 6) is -2.05. The number of nitrogens with two attached hydrogens (primary N) is 1. The number of carbonyl (C=O) groups is 2. The third kappa shape index (κ3) is 3.78. The van der Waals surface area contributed by atoms with Crippen LogP contribution in [0.2, 0.25) is 0 Å². The lowest BCUT2D eigenvalue weighted by Crippen LogP contribution is -2.10. The van der Waals surface area contributed by atoms with Crippen molar-refractivity contribution in [1.29, 1.82) is 0 Å². The molecular weight excluding hydrogens is 437 g/mol. The van der Waals surface area contributed by atoms with Crippen LogP contribution in [0, 0.1) is 0 Å². The summed E-state index contributed by atoms with van der Waals surface area (Å²) < 4.78 is 35.8. The van der Waals surface area contributed by atoms with Gasteiger partial charge in [-0.2, -0.15) is 0 Å². The lowest BCUT2D eigenvalue weighted by molar-refractivity contribution is -0.136. The minimum atomic E-state index is -3.81. The van der Waals surface area contributed by atoms with E-state index in [-0.39, 0.29) is 34.3 Å². The predicted molar refractivity (Wildman–Crippen MR) is 107 cm³/mol. The molecule has 0 amide bonds. The van der Waals surface area contributed by atoms with E-state index in [2.05, 4.69) is 15.0 Å². The Hall–Kier alpha value is -2.89. The molecule has 2 aromatic rings. The number of aromatic nitrogens is 4. The molecule has 0 fully saturated rings. The summed E-state index contributed by atoms with van der Waals surface area (Å²) >= 11 is 0.518. The first-order valence-electron chi connectivity index (χ1n) is 8.31. The highest BCUT2D eigenvalue weighted by molar-refractivity contribution is 8.63. The molecule has 1 aliphatic heterocycles. The van der Waals surface area contributed by atoms with Crippen molar-refractivity contribution in [3.63, 3.8) is 0 Å². The van der Waals surface area contributed by atoms with Gasteiger partial charge in [-0.25, -0.2) is 19.7 Å². The normalized spacial score (nSPS) is 18.4. The number of hydrogen-bond acceptors (Lipinski definition) is 12. The number of hydrogen-bond donors (Lipinski definition) is 1. The summed E-state index contributed by atoms with van der Waals surface area (Å²) in [4.78, 5) is 36.0. The molecule has 0 saturated heterocycles. The second kappa shape index (κ2) is 8.46. The lowest BCUT2D eigenvalue weighted by atomic mass is 10.3. The van der Waals surface area contributed by atoms with E-state index in [4.69, 9.17) is 24.5 Å². The minimum Gasteiger partial charge on any atom is -0.490 e. The number of fused-ring (bicyclic) bond motifs is 1. The van der Waals surface area contributed by atoms with E-state index in [1.807, 2.05) is 0 Å². The van der Waals surface area contributed by atoms with Crippen LogP contribution in [0.5, 0.6) is 0 Å². The number of rotatable bonds is 7. The molecule has 0 spiro atoms. The molecule has 2 unspecified atom stereocenters. The molecule has 0 aromatic carbocycles. The fourth-order valence-corrected chi connectivity index (χ4v) is 6.44. The molecule has 2 N–H and O–H groups in total. The van der Waals surface area contributed by atoms with Gasteiger partial charge in [0.15, 0.2) is 22.3 Å². The number of imidazole rings is 1. The Morgan fingerprint density at radius 3 is 2.57 bits per heavy atom. The van der Waals surface area contributed by atoms with Crippen molar-refractivity contribution in [3.05, 3.63) is 36.0 Å². The molecule has 3 heterocycles. The topological polar surface area (TPSA) is 158 Å². The summed E-state index contributed by atoms with van der Waals surface area (Å²) in [6, 6.07) is 0. The lowest BCUT2D eigenvalue weighted by Gasteiger charge is -2.23. The van der Waals surface area contributed by atoms with Crippen molar-refractivity contribution in [3.8, 4) is 0 Å². The molecule has 14 heteroatoms. The van der Waals surface area contributed by atoms with Crippen LogP contribution in [0.25, 0.3) is 11.2 Å². The number of esters is 1. The molecule has 0 bridgehead atoms. The van der Waals surface area contributed by atoms with Crippen LogP contribution in [0.4, 0.5) is 5.82 Å². The van der Waals surface area contributed by atoms with E-state index in [1.165, 1.54) is 51.6 Å². The molecule has 30 heavy (non-hydrogen) atoms. The Bertz CT molecular complexity index is 1130. The average Bonchev–Trinajstić information content (AvgIpc) is 3.26. The summed E-state index contributed by atoms with van der Waals surface area (Å²) in [6.45, 7) is -2.55. The standard InChI is InChI=1S/C16H18N5O7PS/c1-8(22)30-29(24,27-4)10(5-9-12(25-2)13(26-3)16(23)28-9)21-7-20-11-14(17)18-6-19-15(11)21/h5-7,10H,1-4H3,(H2,17,18,19)/b9-5-. The highest BCUT2D eigenvalue weighted by atomic mass is 32.7. The largest absolute Gasteiger partial charge is 0.490 e. The van der Waals surface area contributed by atoms with Gasteiger partial charge in [-0.3, -0.25) is 13.9 Å². The zero-order valence-corrected chi connectivity index (χ0v) is 18.1. The maximum absolute atomic E-state index is 13.7. The van der Waals surface area contributed by atoms with Crippen LogP contribution < -0.4 is 5.73 Å². The van der Waals surface area contributed by atoms with Crippen LogP contribution in [-0.2, 0) is 32.9 Å². The minimum absolute atomic E-state index is 0.00142. The molecule has 0 saturated carbocycles. The highest BCUT2D eigenvalue weighted by Crippen LogP contribution is 2.69. The first-order valence-corrected chi connectivity index (χ1v) is 11.4. The molecular formula is C16H18N5O7PS. The van der Waals surface area contributed by atoms with Crippen molar-refractivity contribution >= 4 is 46.0 Å². The van der Waals surface area contributed by atoms with E-state index in [0.717, 1.165) is 0 Å². The third-order valence-corrected chi connectivity index (χ3v) is 8.73. The zero-order valence-electron chi connectivity index (χ0n) is 16.4. The van der Waals surface area contributed by atoms with Crippen molar-refractivity contribution in [2.24, 2.45) is 0 Å². The number of ether oxygens (including phenoxy) is 3. The predicted octanol–water partition coefficient (Wildman–Crippen LogP) is 1.97. The van der Waals surface area contributed by atoms with Crippen LogP contribution in [-0.4, -0.2) is 51.9 Å². The summed E-state index contributed by atoms with van der Waals surface area (Å²) in [7, 11) is 3.81. The first-order chi connectivity index (χ1) is 14.3. The number of methoxy groups -OCH3 is 2. The van der Waals surface area contributed by atoms with Crippen LogP contribution >= 0.6 is 18.0 Å². The van der Waals surface area contributed by atoms with Gasteiger partial charge >= 0.3 is 5.97 Å². The molecule has 2 aromatic heterocycles. The summed E-state index contributed by atoms with van der Waals surface area (Å²) in [5, 5.41) is -0.439. The van der Waals surface area contributed by atoms with Crippen molar-refractivity contribution in [2.45, 2.75) is 12.7 Å². The Morgan fingerprint density at radius 1 is 1.27 bits per heavy atom. The van der Waals surface area contributed by atoms with E-state index in [1.54, 1.807) is 0 Å². The quantitative estimate of drug-likeness (QED) is 0.479. The van der Waals surface area contributed by atoms with Crippen LogP contribution in [0.3, 0.4) is 0 Å². The fraction of sp³-hybridized carbons (Fsp3) is 0.312. The van der Waals surface area contributed by atoms with Crippen LogP contribution in [0.1, 0.15) is 12.7 Å². The van der Waals surface area contributed by atoms with Gasteiger partial charge in [-0.15, -0.1) is 0 Å². The van der Waals surface area contributed by atoms with Gasteiger partial charge in [0.05, 0.1) is 20.5 Å². The average molecular weight is 455 g/mol. The molecule has 12 nitrogen and oxygen atoms in total.